The van der Waals surface area contributed by atoms with Gasteiger partial charge in [0.05, 0.1) is 25.5 Å². The number of hydrogen-bond donors (Lipinski definition) is 1. The van der Waals surface area contributed by atoms with Crippen LogP contribution in [0.1, 0.15) is 23.0 Å². The van der Waals surface area contributed by atoms with Crippen molar-refractivity contribution in [1.29, 1.82) is 0 Å². The highest BCUT2D eigenvalue weighted by Crippen LogP contribution is 2.22. The normalized spacial score (nSPS) is 10.6. The minimum Gasteiger partial charge on any atom is -0.497 e. The number of nitrogens with one attached hydrogen (secondary N) is 1. The van der Waals surface area contributed by atoms with E-state index in [1.54, 1.807) is 74.7 Å². The second-order valence-electron chi connectivity index (χ2n) is 6.26. The molecule has 31 heavy (non-hydrogen) atoms. The number of carbonyl (C=O) groups is 2. The van der Waals surface area contributed by atoms with E-state index < -0.39 is 5.91 Å². The van der Waals surface area contributed by atoms with Crippen molar-refractivity contribution in [2.75, 3.05) is 20.3 Å². The van der Waals surface area contributed by atoms with Gasteiger partial charge in [-0.25, -0.2) is 10.2 Å². The Morgan fingerprint density at radius 2 is 1.71 bits per heavy atom. The maximum atomic E-state index is 11.8. The Hall–Kier alpha value is -4.07. The molecule has 0 aliphatic carbocycles. The third-order valence-corrected chi connectivity index (χ3v) is 4.12. The van der Waals surface area contributed by atoms with Crippen molar-refractivity contribution in [1.82, 2.24) is 5.43 Å². The van der Waals surface area contributed by atoms with Crippen molar-refractivity contribution in [2.24, 2.45) is 5.10 Å². The monoisotopic (exact) mass is 422 g/mol. The third-order valence-electron chi connectivity index (χ3n) is 4.12. The fourth-order valence-electron chi connectivity index (χ4n) is 2.58. The second-order valence-corrected chi connectivity index (χ2v) is 6.26. The maximum Gasteiger partial charge on any atom is 0.338 e. The Balaban J connectivity index is 1.49. The van der Waals surface area contributed by atoms with Crippen LogP contribution in [0.3, 0.4) is 0 Å². The molecule has 2 aromatic carbocycles. The van der Waals surface area contributed by atoms with Crippen molar-refractivity contribution < 1.29 is 28.2 Å². The van der Waals surface area contributed by atoms with Crippen LogP contribution in [0.2, 0.25) is 0 Å². The summed E-state index contributed by atoms with van der Waals surface area (Å²) in [7, 11) is 1.57. The summed E-state index contributed by atoms with van der Waals surface area (Å²) in [6, 6.07) is 17.3. The summed E-state index contributed by atoms with van der Waals surface area (Å²) >= 11 is 0. The summed E-state index contributed by atoms with van der Waals surface area (Å²) in [5, 5.41) is 3.87. The van der Waals surface area contributed by atoms with E-state index in [0.717, 1.165) is 5.56 Å². The first kappa shape index (κ1) is 21.6. The van der Waals surface area contributed by atoms with Crippen LogP contribution in [0.25, 0.3) is 11.3 Å². The predicted molar refractivity (Wildman–Crippen MR) is 114 cm³/mol. The SMILES string of the molecule is CCOC(=O)c1ccc(-c2ccc(/C=N/NC(=O)COc3ccc(OC)cc3)o2)cc1. The molecule has 1 N–H and O–H groups in total. The Bertz CT molecular complexity index is 1040. The zero-order chi connectivity index (χ0) is 22.1. The van der Waals surface area contributed by atoms with Gasteiger partial charge >= 0.3 is 5.97 Å². The number of ether oxygens (including phenoxy) is 3. The van der Waals surface area contributed by atoms with E-state index in [9.17, 15) is 9.59 Å². The van der Waals surface area contributed by atoms with Crippen LogP contribution in [0.4, 0.5) is 0 Å². The molecule has 160 valence electrons. The molecule has 0 fully saturated rings. The van der Waals surface area contributed by atoms with Gasteiger partial charge in [0.1, 0.15) is 23.0 Å². The number of furan rings is 1. The van der Waals surface area contributed by atoms with Gasteiger partial charge in [0.25, 0.3) is 5.91 Å². The molecular weight excluding hydrogens is 400 g/mol. The summed E-state index contributed by atoms with van der Waals surface area (Å²) in [6.07, 6.45) is 1.39. The van der Waals surface area contributed by atoms with Crippen LogP contribution in [0.15, 0.2) is 70.2 Å². The second kappa shape index (κ2) is 10.6. The topological polar surface area (TPSA) is 99.4 Å². The van der Waals surface area contributed by atoms with Crippen LogP contribution in [-0.2, 0) is 9.53 Å². The first-order valence-corrected chi connectivity index (χ1v) is 9.55. The van der Waals surface area contributed by atoms with Crippen molar-refractivity contribution >= 4 is 18.1 Å². The fraction of sp³-hybridized carbons (Fsp3) is 0.174. The molecular formula is C23H22N2O6. The van der Waals surface area contributed by atoms with E-state index >= 15 is 0 Å². The first-order chi connectivity index (χ1) is 15.1. The van der Waals surface area contributed by atoms with Crippen molar-refractivity contribution in [2.45, 2.75) is 6.92 Å². The van der Waals surface area contributed by atoms with Crippen LogP contribution in [-0.4, -0.2) is 38.4 Å². The summed E-state index contributed by atoms with van der Waals surface area (Å²) in [4.78, 5) is 23.6. The molecule has 8 nitrogen and oxygen atoms in total. The zero-order valence-corrected chi connectivity index (χ0v) is 17.2. The molecule has 0 radical (unpaired) electrons. The van der Waals surface area contributed by atoms with Crippen LogP contribution >= 0.6 is 0 Å². The molecule has 3 rings (SSSR count). The highest BCUT2D eigenvalue weighted by Gasteiger charge is 2.08. The number of hydrogen-bond acceptors (Lipinski definition) is 7. The van der Waals surface area contributed by atoms with Crippen LogP contribution < -0.4 is 14.9 Å². The highest BCUT2D eigenvalue weighted by atomic mass is 16.5. The lowest BCUT2D eigenvalue weighted by Gasteiger charge is -2.05. The van der Waals surface area contributed by atoms with Gasteiger partial charge in [-0.3, -0.25) is 4.79 Å². The Kier molecular flexibility index (Phi) is 7.42. The molecule has 0 aliphatic heterocycles. The maximum absolute atomic E-state index is 11.8. The number of rotatable bonds is 9. The van der Waals surface area contributed by atoms with Crippen molar-refractivity contribution in [3.8, 4) is 22.8 Å². The summed E-state index contributed by atoms with van der Waals surface area (Å²) < 4.78 is 21.1. The minimum absolute atomic E-state index is 0.181. The number of esters is 1. The van der Waals surface area contributed by atoms with Gasteiger partial charge in [-0.2, -0.15) is 5.10 Å². The van der Waals surface area contributed by atoms with Gasteiger partial charge < -0.3 is 18.6 Å². The Morgan fingerprint density at radius 3 is 2.39 bits per heavy atom. The largest absolute Gasteiger partial charge is 0.497 e. The van der Waals surface area contributed by atoms with E-state index in [0.29, 0.717) is 35.2 Å². The molecule has 0 atom stereocenters. The van der Waals surface area contributed by atoms with E-state index in [4.69, 9.17) is 18.6 Å². The van der Waals surface area contributed by atoms with Crippen molar-refractivity contribution in [3.63, 3.8) is 0 Å². The molecule has 0 aliphatic rings. The molecule has 0 saturated carbocycles. The molecule has 3 aromatic rings. The van der Waals surface area contributed by atoms with Gasteiger partial charge in [0.2, 0.25) is 0 Å². The lowest BCUT2D eigenvalue weighted by Crippen LogP contribution is -2.24. The van der Waals surface area contributed by atoms with E-state index in [2.05, 4.69) is 10.5 Å². The van der Waals surface area contributed by atoms with Gasteiger partial charge in [-0.1, -0.05) is 12.1 Å². The molecule has 1 aromatic heterocycles. The number of carbonyl (C=O) groups excluding carboxylic acids is 2. The molecule has 1 amide bonds. The molecule has 0 spiro atoms. The number of methoxy groups -OCH3 is 1. The average Bonchev–Trinajstić information content (AvgIpc) is 3.27. The molecule has 0 unspecified atom stereocenters. The van der Waals surface area contributed by atoms with E-state index in [-0.39, 0.29) is 12.6 Å². The average molecular weight is 422 g/mol. The lowest BCUT2D eigenvalue weighted by atomic mass is 10.1. The first-order valence-electron chi connectivity index (χ1n) is 9.55. The Morgan fingerprint density at radius 1 is 1.00 bits per heavy atom. The van der Waals surface area contributed by atoms with E-state index in [1.165, 1.54) is 6.21 Å². The molecule has 1 heterocycles. The number of nitrogens with zero attached hydrogens (tertiary/aromatic N) is 1. The van der Waals surface area contributed by atoms with Crippen LogP contribution in [0.5, 0.6) is 11.5 Å². The summed E-state index contributed by atoms with van der Waals surface area (Å²) in [5.41, 5.74) is 3.64. The number of hydrazone groups is 1. The quantitative estimate of drug-likeness (QED) is 0.321. The lowest BCUT2D eigenvalue weighted by molar-refractivity contribution is -0.123. The zero-order valence-electron chi connectivity index (χ0n) is 17.2. The van der Waals surface area contributed by atoms with Crippen molar-refractivity contribution in [3.05, 3.63) is 72.0 Å². The van der Waals surface area contributed by atoms with Gasteiger partial charge in [0, 0.05) is 5.56 Å². The molecule has 8 heteroatoms. The number of benzene rings is 2. The van der Waals surface area contributed by atoms with Gasteiger partial charge in [-0.05, 0) is 55.5 Å². The standard InChI is InChI=1S/C23H22N2O6/c1-3-29-23(27)17-6-4-16(5-7-17)21-13-12-20(31-21)14-24-25-22(26)15-30-19-10-8-18(28-2)9-11-19/h4-14H,3,15H2,1-2H3,(H,25,26)/b24-14+. The molecule has 0 saturated heterocycles. The third kappa shape index (κ3) is 6.20. The summed E-state index contributed by atoms with van der Waals surface area (Å²) in [5.74, 6) is 1.53. The fourth-order valence-corrected chi connectivity index (χ4v) is 2.58. The smallest absolute Gasteiger partial charge is 0.338 e. The predicted octanol–water partition coefficient (Wildman–Crippen LogP) is 3.66. The number of amides is 1. The summed E-state index contributed by atoms with van der Waals surface area (Å²) in [6.45, 7) is 1.90. The van der Waals surface area contributed by atoms with Gasteiger partial charge in [0.15, 0.2) is 6.61 Å². The molecule has 0 bridgehead atoms. The highest BCUT2D eigenvalue weighted by molar-refractivity contribution is 5.90. The Labute approximate surface area is 179 Å². The van der Waals surface area contributed by atoms with Crippen LogP contribution in [0, 0.1) is 0 Å². The van der Waals surface area contributed by atoms with Gasteiger partial charge in [-0.15, -0.1) is 0 Å². The minimum atomic E-state index is -0.409. The van der Waals surface area contributed by atoms with E-state index in [1.807, 2.05) is 0 Å².